The highest BCUT2D eigenvalue weighted by atomic mass is 19.4. The predicted molar refractivity (Wildman–Crippen MR) is 258 cm³/mol. The van der Waals surface area contributed by atoms with Crippen LogP contribution in [0.5, 0.6) is 17.5 Å². The van der Waals surface area contributed by atoms with Crippen molar-refractivity contribution in [2.75, 3.05) is 56.8 Å². The van der Waals surface area contributed by atoms with Crippen LogP contribution in [0.1, 0.15) is 75.1 Å². The van der Waals surface area contributed by atoms with Gasteiger partial charge in [0.2, 0.25) is 0 Å². The average Bonchev–Trinajstić information content (AvgIpc) is 4.02. The second-order valence-electron chi connectivity index (χ2n) is 20.3. The molecule has 6 aromatic rings. The van der Waals surface area contributed by atoms with E-state index in [4.69, 9.17) is 38.9 Å². The quantitative estimate of drug-likeness (QED) is 0.109. The van der Waals surface area contributed by atoms with Gasteiger partial charge in [0, 0.05) is 57.8 Å². The Balaban J connectivity index is 1.12. The Labute approximate surface area is 404 Å². The lowest BCUT2D eigenvalue weighted by atomic mass is 9.95. The molecule has 8 heterocycles. The molecule has 10 rings (SSSR count). The van der Waals surface area contributed by atoms with Gasteiger partial charge in [-0.1, -0.05) is 24.3 Å². The third kappa shape index (κ3) is 8.87. The number of methoxy groups -OCH3 is 2. The van der Waals surface area contributed by atoms with E-state index in [1.165, 1.54) is 19.2 Å². The minimum Gasteiger partial charge on any atom is -0.497 e. The molecule has 370 valence electrons. The summed E-state index contributed by atoms with van der Waals surface area (Å²) in [7, 11) is 4.94. The van der Waals surface area contributed by atoms with E-state index in [9.17, 15) is 9.18 Å². The van der Waals surface area contributed by atoms with Crippen LogP contribution < -0.4 is 24.0 Å². The van der Waals surface area contributed by atoms with Crippen molar-refractivity contribution in [2.45, 2.75) is 108 Å². The summed E-state index contributed by atoms with van der Waals surface area (Å²) >= 11 is 0. The number of rotatable bonds is 12. The van der Waals surface area contributed by atoms with Crippen molar-refractivity contribution in [2.24, 2.45) is 7.05 Å². The maximum atomic E-state index is 15.6. The molecule has 0 saturated carbocycles. The number of aryl methyl sites for hydroxylation is 2. The van der Waals surface area contributed by atoms with Crippen molar-refractivity contribution in [1.82, 2.24) is 34.3 Å². The van der Waals surface area contributed by atoms with E-state index in [0.717, 1.165) is 43.4 Å². The van der Waals surface area contributed by atoms with Gasteiger partial charge in [-0.3, -0.25) is 14.8 Å². The minimum absolute atomic E-state index is 0.0169. The first kappa shape index (κ1) is 47.3. The largest absolute Gasteiger partial charge is 0.497 e. The number of ether oxygens (including phenoxy) is 4. The summed E-state index contributed by atoms with van der Waals surface area (Å²) < 4.78 is 86.6. The van der Waals surface area contributed by atoms with Crippen LogP contribution in [0.2, 0.25) is 0 Å². The fourth-order valence-electron chi connectivity index (χ4n) is 11.3. The van der Waals surface area contributed by atoms with Gasteiger partial charge in [0.25, 0.3) is 0 Å². The van der Waals surface area contributed by atoms with Gasteiger partial charge in [-0.15, -0.1) is 0 Å². The maximum Gasteiger partial charge on any atom is 0.418 e. The SMILES string of the molecule is COc1ccc(CN(Cc2ccc(OC)cc2)c2cc(C)c(C(F)(F)F)c(-c3nccc4c5c(N6C[C@H]7CC[C@@H](C6)N7C(=O)OC(C)(C)C)nc(OC[C@@]67CCCN6C[C@H](F)C7)nc5n(C)c34)n2)cc1. The number of halogens is 4. The molecule has 4 aliphatic rings. The summed E-state index contributed by atoms with van der Waals surface area (Å²) in [6.45, 7) is 9.81. The van der Waals surface area contributed by atoms with Crippen LogP contribution in [-0.2, 0) is 31.1 Å². The van der Waals surface area contributed by atoms with Gasteiger partial charge in [-0.05, 0) is 113 Å². The molecule has 0 spiro atoms. The number of hydrogen-bond donors (Lipinski definition) is 0. The number of hydrogen-bond acceptors (Lipinski definition) is 12. The van der Waals surface area contributed by atoms with Crippen LogP contribution in [0.4, 0.5) is 34.0 Å². The highest BCUT2D eigenvalue weighted by molar-refractivity contribution is 6.15. The molecule has 0 N–H and O–H groups in total. The zero-order valence-electron chi connectivity index (χ0n) is 40.6. The normalized spacial score (nSPS) is 21.4. The first-order valence-electron chi connectivity index (χ1n) is 24.0. The number of fused-ring (bicyclic) bond motifs is 6. The van der Waals surface area contributed by atoms with Crippen LogP contribution in [-0.4, -0.2) is 117 Å². The van der Waals surface area contributed by atoms with E-state index in [1.807, 2.05) is 79.1 Å². The molecule has 14 nitrogen and oxygen atoms in total. The first-order valence-corrected chi connectivity index (χ1v) is 24.0. The van der Waals surface area contributed by atoms with Gasteiger partial charge in [0.1, 0.15) is 58.5 Å². The van der Waals surface area contributed by atoms with Gasteiger partial charge in [-0.2, -0.15) is 23.1 Å². The Bertz CT molecular complexity index is 2860. The fraction of sp³-hybridized carbons (Fsp3) is 0.481. The van der Waals surface area contributed by atoms with Crippen LogP contribution in [0.15, 0.2) is 66.9 Å². The average molecular weight is 966 g/mol. The second-order valence-corrected chi connectivity index (χ2v) is 20.3. The van der Waals surface area contributed by atoms with E-state index < -0.39 is 29.1 Å². The lowest BCUT2D eigenvalue weighted by Crippen LogP contribution is -2.57. The molecule has 0 radical (unpaired) electrons. The molecule has 4 fully saturated rings. The fourth-order valence-corrected chi connectivity index (χ4v) is 11.3. The molecular weight excluding hydrogens is 907 g/mol. The van der Waals surface area contributed by atoms with Gasteiger partial charge in [0.15, 0.2) is 0 Å². The third-order valence-corrected chi connectivity index (χ3v) is 14.4. The van der Waals surface area contributed by atoms with E-state index >= 15 is 13.2 Å². The van der Waals surface area contributed by atoms with Crippen molar-refractivity contribution in [3.05, 3.63) is 89.1 Å². The zero-order valence-corrected chi connectivity index (χ0v) is 40.6. The highest BCUT2D eigenvalue weighted by Crippen LogP contribution is 2.46. The molecule has 18 heteroatoms. The number of nitrogens with zero attached hydrogens (tertiary/aromatic N) is 9. The molecule has 4 aliphatic heterocycles. The Morgan fingerprint density at radius 2 is 1.51 bits per heavy atom. The number of aromatic nitrogens is 5. The zero-order chi connectivity index (χ0) is 49.3. The molecule has 70 heavy (non-hydrogen) atoms. The molecule has 0 unspecified atom stereocenters. The number of carbonyl (C=O) groups is 1. The van der Waals surface area contributed by atoms with E-state index in [2.05, 4.69) is 9.80 Å². The molecular formula is C52H59F4N9O5. The highest BCUT2D eigenvalue weighted by Gasteiger charge is 2.50. The summed E-state index contributed by atoms with van der Waals surface area (Å²) in [5, 5.41) is 1.18. The lowest BCUT2D eigenvalue weighted by Gasteiger charge is -2.42. The van der Waals surface area contributed by atoms with Crippen LogP contribution in [0.25, 0.3) is 33.3 Å². The van der Waals surface area contributed by atoms with Crippen molar-refractivity contribution >= 4 is 39.7 Å². The number of carbonyl (C=O) groups excluding carboxylic acids is 1. The van der Waals surface area contributed by atoms with Crippen LogP contribution >= 0.6 is 0 Å². The Morgan fingerprint density at radius 1 is 0.871 bits per heavy atom. The summed E-state index contributed by atoms with van der Waals surface area (Å²) in [5.41, 5.74) is 0.209. The van der Waals surface area contributed by atoms with Crippen molar-refractivity contribution in [3.63, 3.8) is 0 Å². The van der Waals surface area contributed by atoms with Crippen molar-refractivity contribution in [3.8, 4) is 28.9 Å². The standard InChI is InChI=1S/C52H59F4N9O5/c1-31-23-40(62(25-32-9-15-37(67-6)16-10-32)26-33-11-17-38(68-7)18-12-33)58-43(42(31)52(54,55)56)44-45-39(19-21-57-44)41-46(61(45)5)59-48(69-30-51-20-8-22-64(51)27-34(53)24-51)60-47(41)63-28-35-13-14-36(29-63)65(35)49(66)70-50(2,3)4/h9-12,15-19,21,23,34-36H,8,13-14,20,22,24-30H2,1-7H3/t34-,35-,36+,51+/m1/s1. The molecule has 4 atom stereocenters. The first-order chi connectivity index (χ1) is 33.4. The number of alkyl halides is 4. The maximum absolute atomic E-state index is 15.6. The molecule has 4 saturated heterocycles. The summed E-state index contributed by atoms with van der Waals surface area (Å²) in [6, 6.07) is 18.1. The van der Waals surface area contributed by atoms with Crippen molar-refractivity contribution in [1.29, 1.82) is 0 Å². The smallest absolute Gasteiger partial charge is 0.418 e. The number of piperazine rings is 1. The molecule has 2 aromatic carbocycles. The Hall–Kier alpha value is -6.43. The van der Waals surface area contributed by atoms with Gasteiger partial charge in [0.05, 0.1) is 48.3 Å². The summed E-state index contributed by atoms with van der Waals surface area (Å²) in [6.07, 6.45) is -1.03. The predicted octanol–water partition coefficient (Wildman–Crippen LogP) is 9.67. The van der Waals surface area contributed by atoms with E-state index in [0.29, 0.717) is 84.2 Å². The van der Waals surface area contributed by atoms with E-state index in [-0.39, 0.29) is 47.7 Å². The summed E-state index contributed by atoms with van der Waals surface area (Å²) in [4.78, 5) is 41.4. The molecule has 1 amide bonds. The topological polar surface area (TPSA) is 123 Å². The van der Waals surface area contributed by atoms with Gasteiger partial charge in [-0.25, -0.2) is 14.2 Å². The number of benzene rings is 2. The number of pyridine rings is 2. The van der Waals surface area contributed by atoms with E-state index in [1.54, 1.807) is 31.9 Å². The molecule has 0 aliphatic carbocycles. The molecule has 2 bridgehead atoms. The number of amides is 1. The lowest BCUT2D eigenvalue weighted by molar-refractivity contribution is -0.137. The summed E-state index contributed by atoms with van der Waals surface area (Å²) in [5.74, 6) is 2.20. The Kier molecular flexibility index (Phi) is 12.2. The monoisotopic (exact) mass is 965 g/mol. The molecule has 4 aromatic heterocycles. The number of anilines is 2. The van der Waals surface area contributed by atoms with Crippen LogP contribution in [0, 0.1) is 6.92 Å². The third-order valence-electron chi connectivity index (χ3n) is 14.4. The van der Waals surface area contributed by atoms with Gasteiger partial charge < -0.3 is 33.3 Å². The Morgan fingerprint density at radius 3 is 2.11 bits per heavy atom. The van der Waals surface area contributed by atoms with Crippen molar-refractivity contribution < 1.29 is 41.3 Å². The minimum atomic E-state index is -4.80. The second kappa shape index (κ2) is 18.1. The van der Waals surface area contributed by atoms with Gasteiger partial charge >= 0.3 is 18.3 Å². The van der Waals surface area contributed by atoms with Crippen LogP contribution in [0.3, 0.4) is 0 Å².